The Labute approximate surface area is 179 Å². The van der Waals surface area contributed by atoms with Crippen LogP contribution < -0.4 is 4.90 Å². The lowest BCUT2D eigenvalue weighted by Crippen LogP contribution is -2.44. The van der Waals surface area contributed by atoms with Gasteiger partial charge in [-0.05, 0) is 30.0 Å². The fourth-order valence-corrected chi connectivity index (χ4v) is 5.07. The Morgan fingerprint density at radius 2 is 1.87 bits per heavy atom. The molecule has 7 nitrogen and oxygen atoms in total. The number of fused-ring (bicyclic) bond motifs is 3. The number of nitrogens with zero attached hydrogens (tertiary/aromatic N) is 4. The third-order valence-electron chi connectivity index (χ3n) is 6.63. The van der Waals surface area contributed by atoms with Gasteiger partial charge in [0.2, 0.25) is 0 Å². The minimum absolute atomic E-state index is 0.000941. The molecule has 7 heteroatoms. The average Bonchev–Trinajstić information content (AvgIpc) is 3.60. The maximum atomic E-state index is 13.6. The number of non-ortho nitro benzene ring substituents is 1. The van der Waals surface area contributed by atoms with Gasteiger partial charge in [0.05, 0.1) is 29.1 Å². The fraction of sp³-hybridized carbons (Fsp3) is 0.292. The molecule has 2 heterocycles. The van der Waals surface area contributed by atoms with Gasteiger partial charge in [-0.15, -0.1) is 0 Å². The minimum Gasteiger partial charge on any atom is -0.351 e. The number of anilines is 1. The molecule has 0 spiro atoms. The number of ketones is 1. The summed E-state index contributed by atoms with van der Waals surface area (Å²) in [6.07, 6.45) is 5.28. The Hall–Kier alpha value is -3.97. The summed E-state index contributed by atoms with van der Waals surface area (Å²) >= 11 is 0. The zero-order chi connectivity index (χ0) is 21.8. The van der Waals surface area contributed by atoms with Gasteiger partial charge < -0.3 is 4.90 Å². The number of hydrogen-bond acceptors (Lipinski definition) is 6. The van der Waals surface area contributed by atoms with Gasteiger partial charge >= 0.3 is 0 Å². The van der Waals surface area contributed by atoms with Gasteiger partial charge in [-0.1, -0.05) is 42.5 Å². The zero-order valence-corrected chi connectivity index (χ0v) is 16.5. The summed E-state index contributed by atoms with van der Waals surface area (Å²) < 4.78 is 0. The van der Waals surface area contributed by atoms with Gasteiger partial charge in [0, 0.05) is 29.7 Å². The van der Waals surface area contributed by atoms with Crippen molar-refractivity contribution in [1.82, 2.24) is 0 Å². The predicted molar refractivity (Wildman–Crippen MR) is 113 cm³/mol. The van der Waals surface area contributed by atoms with E-state index in [9.17, 15) is 25.4 Å². The summed E-state index contributed by atoms with van der Waals surface area (Å²) in [5.41, 5.74) is 0.500. The number of carbonyl (C=O) groups is 1. The molecule has 2 aliphatic heterocycles. The number of rotatable bonds is 4. The molecule has 0 radical (unpaired) electrons. The van der Waals surface area contributed by atoms with Crippen LogP contribution in [0.1, 0.15) is 29.9 Å². The highest BCUT2D eigenvalue weighted by Gasteiger charge is 2.64. The molecule has 0 N–H and O–H groups in total. The molecule has 0 unspecified atom stereocenters. The van der Waals surface area contributed by atoms with Crippen LogP contribution in [0.25, 0.3) is 6.08 Å². The van der Waals surface area contributed by atoms with Crippen molar-refractivity contribution in [2.45, 2.75) is 30.8 Å². The van der Waals surface area contributed by atoms with Crippen LogP contribution in [0.3, 0.4) is 0 Å². The Morgan fingerprint density at radius 1 is 1.13 bits per heavy atom. The van der Waals surface area contributed by atoms with Crippen molar-refractivity contribution in [2.75, 3.05) is 4.90 Å². The van der Waals surface area contributed by atoms with Crippen LogP contribution in [0, 0.1) is 44.1 Å². The Balaban J connectivity index is 1.77. The molecule has 0 bridgehead atoms. The Bertz CT molecular complexity index is 1200. The molecule has 3 atom stereocenters. The summed E-state index contributed by atoms with van der Waals surface area (Å²) in [6, 6.07) is 16.7. The number of carbonyl (C=O) groups excluding carboxylic acids is 1. The van der Waals surface area contributed by atoms with Gasteiger partial charge in [0.25, 0.3) is 5.69 Å². The van der Waals surface area contributed by atoms with Gasteiger partial charge in [0.15, 0.2) is 11.2 Å². The van der Waals surface area contributed by atoms with E-state index >= 15 is 0 Å². The van der Waals surface area contributed by atoms with Crippen LogP contribution in [-0.4, -0.2) is 22.8 Å². The molecule has 2 aromatic rings. The highest BCUT2D eigenvalue weighted by molar-refractivity contribution is 5.95. The van der Waals surface area contributed by atoms with E-state index in [0.29, 0.717) is 5.56 Å². The van der Waals surface area contributed by atoms with Crippen LogP contribution in [0.4, 0.5) is 11.4 Å². The summed E-state index contributed by atoms with van der Waals surface area (Å²) in [7, 11) is 0. The van der Waals surface area contributed by atoms with Crippen LogP contribution in [0.15, 0.2) is 54.6 Å². The fourth-order valence-electron chi connectivity index (χ4n) is 5.07. The first-order chi connectivity index (χ1) is 15.0. The molecular formula is C24H18N4O3. The first-order valence-corrected chi connectivity index (χ1v) is 10.2. The monoisotopic (exact) mass is 410 g/mol. The van der Waals surface area contributed by atoms with E-state index in [2.05, 4.69) is 12.1 Å². The number of nitro benzene ring substituents is 1. The van der Waals surface area contributed by atoms with Crippen molar-refractivity contribution < 1.29 is 9.72 Å². The summed E-state index contributed by atoms with van der Waals surface area (Å²) in [5, 5.41) is 32.0. The van der Waals surface area contributed by atoms with Gasteiger partial charge in [-0.3, -0.25) is 14.9 Å². The first kappa shape index (κ1) is 19.0. The topological polar surface area (TPSA) is 111 Å². The molecular weight excluding hydrogens is 392 g/mol. The number of Topliss-reactive ketones (excluding diaryl/α,β-unsaturated/α-hetero) is 1. The molecule has 152 valence electrons. The highest BCUT2D eigenvalue weighted by atomic mass is 16.6. The van der Waals surface area contributed by atoms with Crippen molar-refractivity contribution >= 4 is 23.2 Å². The van der Waals surface area contributed by atoms with Gasteiger partial charge in [-0.2, -0.15) is 10.5 Å². The maximum Gasteiger partial charge on any atom is 0.269 e. The predicted octanol–water partition coefficient (Wildman–Crippen LogP) is 3.98. The molecule has 3 aliphatic rings. The molecule has 0 aromatic heterocycles. The minimum atomic E-state index is -1.56. The molecule has 2 fully saturated rings. The van der Waals surface area contributed by atoms with Crippen molar-refractivity contribution in [3.8, 4) is 12.1 Å². The summed E-state index contributed by atoms with van der Waals surface area (Å²) in [6.45, 7) is 0. The third kappa shape index (κ3) is 2.67. The third-order valence-corrected chi connectivity index (χ3v) is 6.63. The molecule has 1 aliphatic carbocycles. The van der Waals surface area contributed by atoms with E-state index in [0.717, 1.165) is 24.1 Å². The molecule has 2 aromatic carbocycles. The van der Waals surface area contributed by atoms with Gasteiger partial charge in [0.1, 0.15) is 0 Å². The Kier molecular flexibility index (Phi) is 4.16. The zero-order valence-electron chi connectivity index (χ0n) is 16.5. The van der Waals surface area contributed by atoms with Crippen LogP contribution in [0.5, 0.6) is 0 Å². The second-order valence-corrected chi connectivity index (χ2v) is 8.31. The van der Waals surface area contributed by atoms with Gasteiger partial charge in [-0.25, -0.2) is 0 Å². The van der Waals surface area contributed by atoms with Crippen molar-refractivity contribution in [2.24, 2.45) is 11.3 Å². The molecule has 5 rings (SSSR count). The number of benzene rings is 2. The normalized spacial score (nSPS) is 25.1. The van der Waals surface area contributed by atoms with E-state index in [1.165, 1.54) is 12.1 Å². The van der Waals surface area contributed by atoms with Crippen molar-refractivity contribution in [3.05, 3.63) is 75.8 Å². The van der Waals surface area contributed by atoms with E-state index in [-0.39, 0.29) is 17.4 Å². The lowest BCUT2D eigenvalue weighted by Gasteiger charge is -2.35. The Morgan fingerprint density at radius 3 is 2.55 bits per heavy atom. The van der Waals surface area contributed by atoms with E-state index < -0.39 is 28.3 Å². The standard InChI is InChI=1S/C24H18N4O3/c25-13-24(14-26)20-11-10-15-4-1-2-7-19(15)27(20)22(23(29)16-8-9-16)21(24)17-5-3-6-18(12-17)28(30)31/h1-7,10-12,16,20-22H,8-9H2/t20-,21-,22+/m1/s1. The lowest BCUT2D eigenvalue weighted by atomic mass is 9.69. The highest BCUT2D eigenvalue weighted by Crippen LogP contribution is 2.56. The second-order valence-electron chi connectivity index (χ2n) is 8.31. The van der Waals surface area contributed by atoms with Crippen molar-refractivity contribution in [1.29, 1.82) is 10.5 Å². The first-order valence-electron chi connectivity index (χ1n) is 10.2. The number of nitro groups is 1. The largest absolute Gasteiger partial charge is 0.351 e. The maximum absolute atomic E-state index is 13.6. The lowest BCUT2D eigenvalue weighted by molar-refractivity contribution is -0.384. The molecule has 1 saturated carbocycles. The second kappa shape index (κ2) is 6.78. The molecule has 31 heavy (non-hydrogen) atoms. The average molecular weight is 410 g/mol. The number of hydrogen-bond donors (Lipinski definition) is 0. The van der Waals surface area contributed by atoms with Crippen LogP contribution >= 0.6 is 0 Å². The van der Waals surface area contributed by atoms with Crippen LogP contribution in [0.2, 0.25) is 0 Å². The quantitative estimate of drug-likeness (QED) is 0.557. The van der Waals surface area contributed by atoms with Crippen LogP contribution in [-0.2, 0) is 4.79 Å². The number of nitriles is 2. The summed E-state index contributed by atoms with van der Waals surface area (Å²) in [4.78, 5) is 26.4. The van der Waals surface area contributed by atoms with E-state index in [4.69, 9.17) is 0 Å². The molecule has 1 saturated heterocycles. The number of para-hydroxylation sites is 1. The summed E-state index contributed by atoms with van der Waals surface area (Å²) in [5.74, 6) is -0.909. The van der Waals surface area contributed by atoms with E-state index in [1.807, 2.05) is 41.3 Å². The molecule has 0 amide bonds. The smallest absolute Gasteiger partial charge is 0.269 e. The SMILES string of the molecule is N#CC1(C#N)[C@H](c2cccc([N+](=O)[O-])c2)[C@@H](C(=O)C2CC2)N2c3ccccc3C=C[C@@H]21. The van der Waals surface area contributed by atoms with Crippen molar-refractivity contribution in [3.63, 3.8) is 0 Å². The van der Waals surface area contributed by atoms with E-state index in [1.54, 1.807) is 12.1 Å².